The maximum Gasteiger partial charge on any atom is 0.339 e. The Morgan fingerprint density at radius 3 is 2.70 bits per heavy atom. The van der Waals surface area contributed by atoms with E-state index in [2.05, 4.69) is 13.0 Å². The number of rotatable bonds is 3. The quantitative estimate of drug-likeness (QED) is 0.603. The lowest BCUT2D eigenvalue weighted by Crippen LogP contribution is -2.45. The average molecular weight is 490 g/mol. The van der Waals surface area contributed by atoms with Gasteiger partial charge in [-0.2, -0.15) is 0 Å². The minimum absolute atomic E-state index is 0.0235. The summed E-state index contributed by atoms with van der Waals surface area (Å²) in [6.45, 7) is 2.23. The zero-order chi connectivity index (χ0) is 23.5. The molecule has 2 aromatic rings. The van der Waals surface area contributed by atoms with Crippen LogP contribution in [0.4, 0.5) is 0 Å². The number of ether oxygens (including phenoxy) is 1. The van der Waals surface area contributed by atoms with E-state index in [1.54, 1.807) is 6.07 Å². The molecule has 3 aliphatic carbocycles. The number of primary sulfonamides is 1. The summed E-state index contributed by atoms with van der Waals surface area (Å²) in [6, 6.07) is 9.60. The van der Waals surface area contributed by atoms with Crippen molar-refractivity contribution in [3.63, 3.8) is 0 Å². The predicted molar refractivity (Wildman–Crippen MR) is 125 cm³/mol. The van der Waals surface area contributed by atoms with Crippen molar-refractivity contribution in [2.45, 2.75) is 62.4 Å². The molecule has 0 spiro atoms. The molecule has 0 heterocycles. The number of phenolic OH excluding ortho intramolecular Hbond substituents is 1. The lowest BCUT2D eigenvalue weighted by atomic mass is 9.55. The van der Waals surface area contributed by atoms with E-state index in [0.717, 1.165) is 38.5 Å². The highest BCUT2D eigenvalue weighted by molar-refractivity contribution is 7.89. The molecule has 2 saturated carbocycles. The first-order chi connectivity index (χ1) is 15.6. The fraction of sp³-hybridized carbons (Fsp3) is 0.480. The summed E-state index contributed by atoms with van der Waals surface area (Å²) in [4.78, 5) is 12.9. The van der Waals surface area contributed by atoms with Crippen molar-refractivity contribution in [2.75, 3.05) is 0 Å². The van der Waals surface area contributed by atoms with Crippen LogP contribution in [0.25, 0.3) is 0 Å². The zero-order valence-electron chi connectivity index (χ0n) is 18.5. The lowest BCUT2D eigenvalue weighted by Gasteiger charge is -2.50. The maximum atomic E-state index is 13.0. The molecule has 3 N–H and O–H groups in total. The van der Waals surface area contributed by atoms with E-state index in [1.165, 1.54) is 29.3 Å². The molecule has 3 aliphatic rings. The number of nitrogens with two attached hydrogens (primary N) is 1. The van der Waals surface area contributed by atoms with Crippen LogP contribution in [-0.2, 0) is 21.2 Å². The van der Waals surface area contributed by atoms with Crippen LogP contribution in [0.5, 0.6) is 5.75 Å². The molecule has 176 valence electrons. The second kappa shape index (κ2) is 8.00. The van der Waals surface area contributed by atoms with Crippen molar-refractivity contribution in [1.82, 2.24) is 0 Å². The van der Waals surface area contributed by atoms with Crippen molar-refractivity contribution in [2.24, 2.45) is 22.4 Å². The Kier molecular flexibility index (Phi) is 5.50. The van der Waals surface area contributed by atoms with Gasteiger partial charge in [0.2, 0.25) is 10.0 Å². The van der Waals surface area contributed by atoms with Gasteiger partial charge in [0.05, 0.1) is 15.5 Å². The molecule has 0 saturated heterocycles. The Bertz CT molecular complexity index is 1230. The number of hydrogen-bond donors (Lipinski definition) is 2. The monoisotopic (exact) mass is 489 g/mol. The summed E-state index contributed by atoms with van der Waals surface area (Å²) in [5, 5.41) is 15.2. The van der Waals surface area contributed by atoms with Gasteiger partial charge < -0.3 is 9.84 Å². The van der Waals surface area contributed by atoms with Gasteiger partial charge in [-0.1, -0.05) is 24.6 Å². The number of hydrogen-bond acceptors (Lipinski definition) is 5. The van der Waals surface area contributed by atoms with Crippen molar-refractivity contribution in [1.29, 1.82) is 0 Å². The van der Waals surface area contributed by atoms with Crippen LogP contribution in [-0.4, -0.2) is 25.6 Å². The van der Waals surface area contributed by atoms with Gasteiger partial charge in [-0.25, -0.2) is 18.4 Å². The predicted octanol–water partition coefficient (Wildman–Crippen LogP) is 4.77. The fourth-order valence-electron chi connectivity index (χ4n) is 6.74. The number of fused-ring (bicyclic) bond motifs is 5. The summed E-state index contributed by atoms with van der Waals surface area (Å²) in [5.41, 5.74) is 2.51. The molecule has 6 nitrogen and oxygen atoms in total. The molecule has 5 rings (SSSR count). The van der Waals surface area contributed by atoms with E-state index < -0.39 is 16.0 Å². The van der Waals surface area contributed by atoms with E-state index in [-0.39, 0.29) is 27.0 Å². The van der Waals surface area contributed by atoms with Gasteiger partial charge in [0, 0.05) is 5.41 Å². The molecule has 5 atom stereocenters. The van der Waals surface area contributed by atoms with Crippen LogP contribution < -0.4 is 5.14 Å². The molecule has 2 aromatic carbocycles. The lowest BCUT2D eigenvalue weighted by molar-refractivity contribution is -0.0427. The Hall–Kier alpha value is -2.09. The molecule has 8 heteroatoms. The van der Waals surface area contributed by atoms with Crippen LogP contribution in [0.15, 0.2) is 41.3 Å². The molecule has 0 bridgehead atoms. The van der Waals surface area contributed by atoms with Crippen molar-refractivity contribution in [3.8, 4) is 5.75 Å². The molecular weight excluding hydrogens is 462 g/mol. The van der Waals surface area contributed by atoms with Crippen LogP contribution in [0.3, 0.4) is 0 Å². The van der Waals surface area contributed by atoms with Gasteiger partial charge in [0.25, 0.3) is 0 Å². The third kappa shape index (κ3) is 3.84. The summed E-state index contributed by atoms with van der Waals surface area (Å²) in [5.74, 6) is 1.17. The minimum Gasteiger partial charge on any atom is -0.508 e. The van der Waals surface area contributed by atoms with E-state index >= 15 is 0 Å². The summed E-state index contributed by atoms with van der Waals surface area (Å²) >= 11 is 6.19. The van der Waals surface area contributed by atoms with E-state index in [1.807, 2.05) is 6.07 Å². The SMILES string of the molecule is C[C@]12CCC3c4ccc(O)cc4CCC3C1CC[C@@H]2OC(=O)c1cc(S(N)(=O)=O)ccc1Cl. The molecule has 33 heavy (non-hydrogen) atoms. The van der Waals surface area contributed by atoms with Crippen LogP contribution in [0.2, 0.25) is 5.02 Å². The first-order valence-corrected chi connectivity index (χ1v) is 13.4. The highest BCUT2D eigenvalue weighted by atomic mass is 35.5. The number of phenols is 1. The molecule has 2 fully saturated rings. The van der Waals surface area contributed by atoms with Gasteiger partial charge in [-0.15, -0.1) is 0 Å². The Balaban J connectivity index is 1.37. The summed E-state index contributed by atoms with van der Waals surface area (Å²) in [6.07, 6.45) is 5.53. The van der Waals surface area contributed by atoms with E-state index in [4.69, 9.17) is 21.5 Å². The normalized spacial score (nSPS) is 30.8. The Morgan fingerprint density at radius 2 is 1.94 bits per heavy atom. The second-order valence-electron chi connectivity index (χ2n) is 10.0. The molecule has 0 radical (unpaired) electrons. The largest absolute Gasteiger partial charge is 0.508 e. The van der Waals surface area contributed by atoms with E-state index in [9.17, 15) is 18.3 Å². The number of carbonyl (C=O) groups excluding carboxylic acids is 1. The Morgan fingerprint density at radius 1 is 1.15 bits per heavy atom. The number of benzene rings is 2. The highest BCUT2D eigenvalue weighted by Crippen LogP contribution is 2.61. The van der Waals surface area contributed by atoms with Crippen molar-refractivity contribution in [3.05, 3.63) is 58.1 Å². The maximum absolute atomic E-state index is 13.0. The van der Waals surface area contributed by atoms with Gasteiger partial charge in [-0.05, 0) is 97.7 Å². The second-order valence-corrected chi connectivity index (χ2v) is 12.0. The van der Waals surface area contributed by atoms with Crippen molar-refractivity contribution < 1.29 is 23.1 Å². The number of aryl methyl sites for hydroxylation is 1. The highest BCUT2D eigenvalue weighted by Gasteiger charge is 2.56. The topological polar surface area (TPSA) is 107 Å². The number of carbonyl (C=O) groups is 1. The van der Waals surface area contributed by atoms with Crippen LogP contribution >= 0.6 is 11.6 Å². The molecule has 3 unspecified atom stereocenters. The third-order valence-corrected chi connectivity index (χ3v) is 9.60. The number of sulfonamides is 1. The van der Waals surface area contributed by atoms with Gasteiger partial charge in [0.1, 0.15) is 11.9 Å². The molecule has 0 aromatic heterocycles. The van der Waals surface area contributed by atoms with Gasteiger partial charge >= 0.3 is 5.97 Å². The number of halogens is 1. The first kappa shape index (κ1) is 22.7. The standard InChI is InChI=1S/C25H28ClNO5S/c1-25-11-10-18-17-6-3-15(28)12-14(17)2-5-19(18)21(25)7-9-23(25)32-24(29)20-13-16(33(27,30)31)4-8-22(20)26/h3-4,6,8,12-13,18-19,21,23,28H,2,5,7,9-11H2,1H3,(H2,27,30,31)/t18?,19?,21?,23-,25-/m0/s1. The van der Waals surface area contributed by atoms with Gasteiger partial charge in [-0.3, -0.25) is 0 Å². The van der Waals surface area contributed by atoms with Crippen LogP contribution in [0, 0.1) is 17.3 Å². The summed E-state index contributed by atoms with van der Waals surface area (Å²) < 4.78 is 29.4. The van der Waals surface area contributed by atoms with Crippen molar-refractivity contribution >= 4 is 27.6 Å². The van der Waals surface area contributed by atoms with E-state index in [0.29, 0.717) is 23.5 Å². The van der Waals surface area contributed by atoms with Gasteiger partial charge in [0.15, 0.2) is 0 Å². The third-order valence-electron chi connectivity index (χ3n) is 8.36. The van der Waals surface area contributed by atoms with Crippen LogP contribution in [0.1, 0.15) is 66.4 Å². The smallest absolute Gasteiger partial charge is 0.339 e. The fourth-order valence-corrected chi connectivity index (χ4v) is 7.48. The number of aromatic hydroxyl groups is 1. The molecule has 0 aliphatic heterocycles. The minimum atomic E-state index is -3.96. The summed E-state index contributed by atoms with van der Waals surface area (Å²) in [7, 11) is -3.96. The molecular formula is C25H28ClNO5S. The molecule has 0 amide bonds. The first-order valence-electron chi connectivity index (χ1n) is 11.4. The zero-order valence-corrected chi connectivity index (χ0v) is 20.0. The Labute approximate surface area is 199 Å². The average Bonchev–Trinajstić information content (AvgIpc) is 3.09. The number of esters is 1.